The topological polar surface area (TPSA) is 0 Å². The summed E-state index contributed by atoms with van der Waals surface area (Å²) in [5, 5.41) is 0. The molecule has 2 aromatic rings. The van der Waals surface area contributed by atoms with E-state index in [9.17, 15) is 0 Å². The molecule has 0 bridgehead atoms. The summed E-state index contributed by atoms with van der Waals surface area (Å²) in [6, 6.07) is 10.0. The maximum Gasteiger partial charge on any atom is 0.00956 e. The normalized spacial score (nSPS) is 15.1. The molecule has 1 atom stereocenters. The zero-order valence-electron chi connectivity index (χ0n) is 29.6. The van der Waals surface area contributed by atoms with Crippen molar-refractivity contribution in [3.8, 4) is 0 Å². The summed E-state index contributed by atoms with van der Waals surface area (Å²) in [5.41, 5.74) is 12.5. The van der Waals surface area contributed by atoms with E-state index in [1.807, 2.05) is 0 Å². The molecule has 0 heteroatoms. The average molecular weight is 533 g/mol. The van der Waals surface area contributed by atoms with Crippen molar-refractivity contribution in [3.63, 3.8) is 0 Å². The van der Waals surface area contributed by atoms with Crippen LogP contribution in [-0.4, -0.2) is 0 Å². The van der Waals surface area contributed by atoms with E-state index in [0.29, 0.717) is 5.92 Å². The average Bonchev–Trinajstić information content (AvgIpc) is 2.69. The third-order valence-electron chi connectivity index (χ3n) is 8.34. The van der Waals surface area contributed by atoms with Crippen LogP contribution in [0.3, 0.4) is 0 Å². The van der Waals surface area contributed by atoms with E-state index in [2.05, 4.69) is 156 Å². The van der Waals surface area contributed by atoms with Gasteiger partial charge in [0, 0.05) is 5.92 Å². The predicted octanol–water partition coefficient (Wildman–Crippen LogP) is 12.0. The van der Waals surface area contributed by atoms with Crippen LogP contribution < -0.4 is 0 Å². The summed E-state index contributed by atoms with van der Waals surface area (Å²) in [6.45, 7) is 45.6. The quantitative estimate of drug-likeness (QED) is 0.369. The van der Waals surface area contributed by atoms with Gasteiger partial charge >= 0.3 is 0 Å². The highest BCUT2D eigenvalue weighted by atomic mass is 14.4. The minimum absolute atomic E-state index is 0.0138. The molecule has 0 aliphatic rings. The lowest BCUT2D eigenvalue weighted by molar-refractivity contribution is 0.479. The van der Waals surface area contributed by atoms with Crippen molar-refractivity contribution in [2.24, 2.45) is 0 Å². The van der Waals surface area contributed by atoms with Gasteiger partial charge in [0.1, 0.15) is 0 Å². The van der Waals surface area contributed by atoms with Crippen LogP contribution in [0.1, 0.15) is 188 Å². The molecule has 0 amide bonds. The van der Waals surface area contributed by atoms with Crippen LogP contribution in [0.5, 0.6) is 0 Å². The van der Waals surface area contributed by atoms with Crippen molar-refractivity contribution in [1.29, 1.82) is 0 Å². The molecular formula is C39H64. The van der Waals surface area contributed by atoms with Crippen molar-refractivity contribution < 1.29 is 0 Å². The second kappa shape index (κ2) is 10.4. The van der Waals surface area contributed by atoms with E-state index < -0.39 is 0 Å². The summed E-state index contributed by atoms with van der Waals surface area (Å²) >= 11 is 0. The van der Waals surface area contributed by atoms with Crippen molar-refractivity contribution in [3.05, 3.63) is 68.8 Å². The highest BCUT2D eigenvalue weighted by molar-refractivity contribution is 5.60. The Hall–Kier alpha value is -1.56. The molecule has 0 saturated carbocycles. The van der Waals surface area contributed by atoms with Crippen LogP contribution in [0.2, 0.25) is 0 Å². The first-order valence-corrected chi connectivity index (χ1v) is 15.5. The van der Waals surface area contributed by atoms with Gasteiger partial charge in [0.15, 0.2) is 0 Å². The van der Waals surface area contributed by atoms with Crippen LogP contribution >= 0.6 is 0 Å². The monoisotopic (exact) mass is 533 g/mol. The summed E-state index contributed by atoms with van der Waals surface area (Å²) in [5.74, 6) is 0.340. The zero-order valence-corrected chi connectivity index (χ0v) is 29.6. The molecule has 0 aromatic heterocycles. The number of benzene rings is 2. The lowest BCUT2D eigenvalue weighted by Gasteiger charge is -2.43. The molecule has 0 saturated heterocycles. The van der Waals surface area contributed by atoms with Gasteiger partial charge in [-0.2, -0.15) is 0 Å². The van der Waals surface area contributed by atoms with E-state index in [4.69, 9.17) is 0 Å². The molecule has 220 valence electrons. The van der Waals surface area contributed by atoms with Gasteiger partial charge in [-0.25, -0.2) is 0 Å². The van der Waals surface area contributed by atoms with Crippen LogP contribution in [-0.2, 0) is 32.5 Å². The summed E-state index contributed by atoms with van der Waals surface area (Å²) in [6.07, 6.45) is 1.09. The Bertz CT molecular complexity index is 1160. The van der Waals surface area contributed by atoms with E-state index in [1.165, 1.54) is 27.8 Å². The predicted molar refractivity (Wildman–Crippen MR) is 177 cm³/mol. The molecule has 0 spiro atoms. The molecule has 39 heavy (non-hydrogen) atoms. The van der Waals surface area contributed by atoms with Crippen LogP contribution in [0.15, 0.2) is 24.3 Å². The fourth-order valence-corrected chi connectivity index (χ4v) is 6.39. The maximum atomic E-state index is 2.62. The second-order valence-electron chi connectivity index (χ2n) is 18.4. The fourth-order valence-electron chi connectivity index (χ4n) is 6.39. The molecule has 0 aliphatic carbocycles. The molecule has 0 fully saturated rings. The van der Waals surface area contributed by atoms with E-state index in [-0.39, 0.29) is 32.5 Å². The Morgan fingerprint density at radius 1 is 0.462 bits per heavy atom. The number of hydrogen-bond acceptors (Lipinski definition) is 0. The van der Waals surface area contributed by atoms with Crippen LogP contribution in [0, 0.1) is 0 Å². The molecule has 2 rings (SSSR count). The van der Waals surface area contributed by atoms with Gasteiger partial charge in [-0.3, -0.25) is 0 Å². The van der Waals surface area contributed by atoms with Crippen molar-refractivity contribution >= 4 is 0 Å². The summed E-state index contributed by atoms with van der Waals surface area (Å²) in [7, 11) is 0. The highest BCUT2D eigenvalue weighted by Crippen LogP contribution is 2.51. The van der Waals surface area contributed by atoms with Crippen molar-refractivity contribution in [2.45, 2.75) is 176 Å². The smallest absolute Gasteiger partial charge is 0.00956 e. The lowest BCUT2D eigenvalue weighted by atomic mass is 9.61. The summed E-state index contributed by atoms with van der Waals surface area (Å²) < 4.78 is 0. The highest BCUT2D eigenvalue weighted by Gasteiger charge is 2.39. The third kappa shape index (κ3) is 7.21. The standard InChI is InChI=1S/C39H64/c1-20-26(27-22-21-25(34(2,3)4)23-28(27)35(5,6)7)31-29(36(8,9)10)24-30(37(11,12)13)32(38(14,15)16)33(31)39(17,18)19/h21-24,26H,20H2,1-19H3. The fraction of sp³-hybridized carbons (Fsp3) is 0.692. The molecule has 0 N–H and O–H groups in total. The third-order valence-corrected chi connectivity index (χ3v) is 8.34. The lowest BCUT2D eigenvalue weighted by Crippen LogP contribution is -2.33. The summed E-state index contributed by atoms with van der Waals surface area (Å²) in [4.78, 5) is 0. The molecular weight excluding hydrogens is 468 g/mol. The molecule has 0 nitrogen and oxygen atoms in total. The van der Waals surface area contributed by atoms with Crippen LogP contribution in [0.25, 0.3) is 0 Å². The second-order valence-corrected chi connectivity index (χ2v) is 18.4. The first-order valence-electron chi connectivity index (χ1n) is 15.5. The Morgan fingerprint density at radius 3 is 1.23 bits per heavy atom. The van der Waals surface area contributed by atoms with Crippen molar-refractivity contribution in [1.82, 2.24) is 0 Å². The Labute approximate surface area is 244 Å². The molecule has 0 heterocycles. The Morgan fingerprint density at radius 2 is 0.897 bits per heavy atom. The SMILES string of the molecule is CCC(c1ccc(C(C)(C)C)cc1C(C)(C)C)c1c(C(C)(C)C)cc(C(C)(C)C)c(C(C)(C)C)c1C(C)(C)C. The molecule has 1 unspecified atom stereocenters. The number of hydrogen-bond donors (Lipinski definition) is 0. The van der Waals surface area contributed by atoms with Crippen molar-refractivity contribution in [2.75, 3.05) is 0 Å². The van der Waals surface area contributed by atoms with Gasteiger partial charge in [-0.1, -0.05) is 156 Å². The van der Waals surface area contributed by atoms with E-state index in [0.717, 1.165) is 6.42 Å². The largest absolute Gasteiger partial charge is 0.0645 e. The maximum absolute atomic E-state index is 2.62. The van der Waals surface area contributed by atoms with Gasteiger partial charge in [0.2, 0.25) is 0 Å². The minimum Gasteiger partial charge on any atom is -0.0645 e. The molecule has 0 aliphatic heterocycles. The zero-order chi connectivity index (χ0) is 30.7. The van der Waals surface area contributed by atoms with Crippen LogP contribution in [0.4, 0.5) is 0 Å². The Balaban J connectivity index is 3.30. The molecule has 0 radical (unpaired) electrons. The number of rotatable bonds is 3. The minimum atomic E-state index is 0.0138. The van der Waals surface area contributed by atoms with Gasteiger partial charge < -0.3 is 0 Å². The first-order chi connectivity index (χ1) is 17.1. The van der Waals surface area contributed by atoms with Gasteiger partial charge in [-0.15, -0.1) is 0 Å². The molecule has 2 aromatic carbocycles. The van der Waals surface area contributed by atoms with E-state index >= 15 is 0 Å². The van der Waals surface area contributed by atoms with Gasteiger partial charge in [0.25, 0.3) is 0 Å². The Kier molecular flexibility index (Phi) is 8.94. The first kappa shape index (κ1) is 33.6. The van der Waals surface area contributed by atoms with Gasteiger partial charge in [0.05, 0.1) is 0 Å². The van der Waals surface area contributed by atoms with E-state index in [1.54, 1.807) is 16.7 Å². The van der Waals surface area contributed by atoms with Gasteiger partial charge in [-0.05, 0) is 83.4 Å².